The maximum absolute atomic E-state index is 13.5. The third-order valence-corrected chi connectivity index (χ3v) is 4.33. The van der Waals surface area contributed by atoms with Crippen LogP contribution in [0.1, 0.15) is 15.9 Å². The number of halogens is 2. The number of nitrogens with two attached hydrogens (primary N) is 1. The monoisotopic (exact) mass is 336 g/mol. The summed E-state index contributed by atoms with van der Waals surface area (Å²) in [5.74, 6) is -1.74. The van der Waals surface area contributed by atoms with Gasteiger partial charge < -0.3 is 10.3 Å². The number of rotatable bonds is 3. The molecule has 124 valence electrons. The molecule has 5 heteroatoms. The lowest BCUT2D eigenvalue weighted by Crippen LogP contribution is -2.11. The first kappa shape index (κ1) is 15.3. The van der Waals surface area contributed by atoms with Gasteiger partial charge in [-0.15, -0.1) is 0 Å². The zero-order valence-corrected chi connectivity index (χ0v) is 13.2. The Bertz CT molecular complexity index is 1110. The summed E-state index contributed by atoms with van der Waals surface area (Å²) in [4.78, 5) is 11.8. The zero-order valence-electron chi connectivity index (χ0n) is 13.2. The second-order valence-electron chi connectivity index (χ2n) is 5.94. The van der Waals surface area contributed by atoms with Gasteiger partial charge in [0, 0.05) is 34.5 Å². The lowest BCUT2D eigenvalue weighted by molar-refractivity contribution is 0.100. The smallest absolute Gasteiger partial charge is 0.249 e. The molecule has 1 amide bonds. The Labute approximate surface area is 142 Å². The fraction of sp³-hybridized carbons (Fsp3) is 0.0500. The molecule has 0 aliphatic rings. The Hall–Kier alpha value is -3.21. The van der Waals surface area contributed by atoms with Crippen molar-refractivity contribution in [1.29, 1.82) is 0 Å². The normalized spacial score (nSPS) is 11.3. The van der Waals surface area contributed by atoms with E-state index in [2.05, 4.69) is 0 Å². The molecule has 25 heavy (non-hydrogen) atoms. The Balaban J connectivity index is 2.02. The van der Waals surface area contributed by atoms with E-state index >= 15 is 0 Å². The molecule has 0 bridgehead atoms. The van der Waals surface area contributed by atoms with Crippen LogP contribution in [0.25, 0.3) is 21.8 Å². The largest absolute Gasteiger partial charge is 0.366 e. The van der Waals surface area contributed by atoms with Gasteiger partial charge in [-0.2, -0.15) is 0 Å². The molecule has 0 spiro atoms. The lowest BCUT2D eigenvalue weighted by Gasteiger charge is -2.08. The summed E-state index contributed by atoms with van der Waals surface area (Å²) in [6.07, 6.45) is 0. The van der Waals surface area contributed by atoms with Gasteiger partial charge in [-0.1, -0.05) is 24.3 Å². The predicted molar refractivity (Wildman–Crippen MR) is 93.4 cm³/mol. The van der Waals surface area contributed by atoms with Crippen LogP contribution in [0, 0.1) is 11.6 Å². The number of nitrogens with zero attached hydrogens (tertiary/aromatic N) is 1. The summed E-state index contributed by atoms with van der Waals surface area (Å²) >= 11 is 0. The zero-order chi connectivity index (χ0) is 17.6. The van der Waals surface area contributed by atoms with Crippen molar-refractivity contribution < 1.29 is 13.6 Å². The summed E-state index contributed by atoms with van der Waals surface area (Å²) in [5, 5.41) is 1.63. The van der Waals surface area contributed by atoms with Crippen LogP contribution >= 0.6 is 0 Å². The van der Waals surface area contributed by atoms with Crippen LogP contribution in [0.4, 0.5) is 8.78 Å². The van der Waals surface area contributed by atoms with Crippen LogP contribution in [0.5, 0.6) is 0 Å². The number of para-hydroxylation sites is 1. The highest BCUT2D eigenvalue weighted by Crippen LogP contribution is 2.32. The first-order valence-electron chi connectivity index (χ1n) is 7.79. The molecule has 0 saturated heterocycles. The van der Waals surface area contributed by atoms with Crippen molar-refractivity contribution in [3.8, 4) is 0 Å². The average molecular weight is 336 g/mol. The van der Waals surface area contributed by atoms with Gasteiger partial charge in [0.15, 0.2) is 0 Å². The van der Waals surface area contributed by atoms with E-state index in [4.69, 9.17) is 5.73 Å². The first-order valence-corrected chi connectivity index (χ1v) is 7.79. The first-order chi connectivity index (χ1) is 12.0. The van der Waals surface area contributed by atoms with Crippen molar-refractivity contribution in [2.75, 3.05) is 0 Å². The molecule has 0 atom stereocenters. The number of amides is 1. The number of hydrogen-bond donors (Lipinski definition) is 1. The third-order valence-electron chi connectivity index (χ3n) is 4.33. The van der Waals surface area contributed by atoms with Gasteiger partial charge in [-0.25, -0.2) is 8.78 Å². The highest BCUT2D eigenvalue weighted by atomic mass is 19.1. The van der Waals surface area contributed by atoms with E-state index in [9.17, 15) is 13.6 Å². The number of carbonyl (C=O) groups excluding carboxylic acids is 1. The third kappa shape index (κ3) is 2.54. The molecule has 0 fully saturated rings. The van der Waals surface area contributed by atoms with E-state index in [0.717, 1.165) is 27.9 Å². The van der Waals surface area contributed by atoms with E-state index < -0.39 is 17.5 Å². The van der Waals surface area contributed by atoms with Crippen molar-refractivity contribution in [1.82, 2.24) is 4.57 Å². The standard InChI is InChI=1S/C20H14F2N2O/c21-13-8-12(9-14(22)10-13)11-24-17-6-2-1-4-15(17)19-16(20(23)25)5-3-7-18(19)24/h1-10H,11H2,(H2,23,25). The molecule has 0 radical (unpaired) electrons. The fourth-order valence-electron chi connectivity index (χ4n) is 3.36. The SMILES string of the molecule is NC(=O)c1cccc2c1c1ccccc1n2Cc1cc(F)cc(F)c1. The minimum absolute atomic E-state index is 0.279. The molecule has 0 aliphatic heterocycles. The van der Waals surface area contributed by atoms with Gasteiger partial charge in [0.05, 0.1) is 5.52 Å². The summed E-state index contributed by atoms with van der Waals surface area (Å²) in [6, 6.07) is 16.4. The van der Waals surface area contributed by atoms with Crippen LogP contribution in [0.2, 0.25) is 0 Å². The Morgan fingerprint density at radius 1 is 0.920 bits per heavy atom. The average Bonchev–Trinajstić information content (AvgIpc) is 2.88. The van der Waals surface area contributed by atoms with Crippen molar-refractivity contribution >= 4 is 27.7 Å². The highest BCUT2D eigenvalue weighted by molar-refractivity contribution is 6.17. The van der Waals surface area contributed by atoms with Crippen molar-refractivity contribution in [2.45, 2.75) is 6.54 Å². The predicted octanol–water partition coefficient (Wildman–Crippen LogP) is 4.22. The van der Waals surface area contributed by atoms with Crippen LogP contribution in [-0.4, -0.2) is 10.5 Å². The molecular formula is C20H14F2N2O. The van der Waals surface area contributed by atoms with Gasteiger partial charge in [-0.3, -0.25) is 4.79 Å². The van der Waals surface area contributed by atoms with Crippen molar-refractivity contribution in [3.05, 3.63) is 83.4 Å². The van der Waals surface area contributed by atoms with E-state index in [1.165, 1.54) is 12.1 Å². The fourth-order valence-corrected chi connectivity index (χ4v) is 3.36. The van der Waals surface area contributed by atoms with E-state index in [-0.39, 0.29) is 6.54 Å². The van der Waals surface area contributed by atoms with Crippen molar-refractivity contribution in [3.63, 3.8) is 0 Å². The number of hydrogen-bond acceptors (Lipinski definition) is 1. The van der Waals surface area contributed by atoms with Gasteiger partial charge in [0.2, 0.25) is 5.91 Å². The van der Waals surface area contributed by atoms with Gasteiger partial charge in [-0.05, 0) is 35.9 Å². The molecule has 3 aromatic carbocycles. The summed E-state index contributed by atoms with van der Waals surface area (Å²) < 4.78 is 29.0. The summed E-state index contributed by atoms with van der Waals surface area (Å²) in [6.45, 7) is 0.279. The van der Waals surface area contributed by atoms with Crippen molar-refractivity contribution in [2.24, 2.45) is 5.73 Å². The minimum atomic E-state index is -0.617. The molecule has 2 N–H and O–H groups in total. The molecular weight excluding hydrogens is 322 g/mol. The second-order valence-corrected chi connectivity index (χ2v) is 5.94. The molecule has 4 rings (SSSR count). The molecule has 1 heterocycles. The number of primary amides is 1. The van der Waals surface area contributed by atoms with Crippen LogP contribution in [0.15, 0.2) is 60.7 Å². The molecule has 0 unspecified atom stereocenters. The number of carbonyl (C=O) groups is 1. The number of aromatic nitrogens is 1. The molecule has 3 nitrogen and oxygen atoms in total. The Kier molecular flexibility index (Phi) is 3.50. The quantitative estimate of drug-likeness (QED) is 0.598. The topological polar surface area (TPSA) is 48.0 Å². The van der Waals surface area contributed by atoms with Crippen LogP contribution in [0.3, 0.4) is 0 Å². The maximum Gasteiger partial charge on any atom is 0.249 e. The van der Waals surface area contributed by atoms with Gasteiger partial charge in [0.1, 0.15) is 11.6 Å². The van der Waals surface area contributed by atoms with Crippen LogP contribution in [-0.2, 0) is 6.54 Å². The number of fused-ring (bicyclic) bond motifs is 3. The maximum atomic E-state index is 13.5. The highest BCUT2D eigenvalue weighted by Gasteiger charge is 2.16. The Morgan fingerprint density at radius 3 is 2.32 bits per heavy atom. The second kappa shape index (κ2) is 5.70. The summed E-state index contributed by atoms with van der Waals surface area (Å²) in [7, 11) is 0. The van der Waals surface area contributed by atoms with Crippen LogP contribution < -0.4 is 5.73 Å². The van der Waals surface area contributed by atoms with E-state index in [0.29, 0.717) is 11.1 Å². The minimum Gasteiger partial charge on any atom is -0.366 e. The van der Waals surface area contributed by atoms with E-state index in [1.807, 2.05) is 34.9 Å². The molecule has 0 saturated carbocycles. The molecule has 4 aromatic rings. The van der Waals surface area contributed by atoms with E-state index in [1.54, 1.807) is 12.1 Å². The molecule has 1 aromatic heterocycles. The lowest BCUT2D eigenvalue weighted by atomic mass is 10.1. The van der Waals surface area contributed by atoms with Gasteiger partial charge in [0.25, 0.3) is 0 Å². The molecule has 0 aliphatic carbocycles. The van der Waals surface area contributed by atoms with Gasteiger partial charge >= 0.3 is 0 Å². The summed E-state index contributed by atoms with van der Waals surface area (Å²) in [5.41, 5.74) is 8.12. The Morgan fingerprint density at radius 2 is 1.60 bits per heavy atom. The number of benzene rings is 3.